The number of hydrogen-bond acceptors (Lipinski definition) is 6. The number of piperidine rings is 1. The Morgan fingerprint density at radius 2 is 1.89 bits per heavy atom. The maximum atomic E-state index is 13.7. The molecule has 2 saturated heterocycles. The molecule has 0 aromatic carbocycles. The maximum absolute atomic E-state index is 13.7. The second-order valence-corrected chi connectivity index (χ2v) is 13.6. The van der Waals surface area contributed by atoms with Gasteiger partial charge in [0.1, 0.15) is 17.0 Å². The summed E-state index contributed by atoms with van der Waals surface area (Å²) >= 11 is 0. The summed E-state index contributed by atoms with van der Waals surface area (Å²) in [5.74, 6) is 1.56. The lowest BCUT2D eigenvalue weighted by Crippen LogP contribution is -2.41. The average Bonchev–Trinajstić information content (AvgIpc) is 3.42. The summed E-state index contributed by atoms with van der Waals surface area (Å²) in [6.45, 7) is 7.24. The van der Waals surface area contributed by atoms with Gasteiger partial charge in [-0.1, -0.05) is 0 Å². The zero-order valence-corrected chi connectivity index (χ0v) is 26.3. The van der Waals surface area contributed by atoms with Gasteiger partial charge in [0.05, 0.1) is 30.2 Å². The third-order valence-electron chi connectivity index (χ3n) is 10.6. The van der Waals surface area contributed by atoms with Crippen LogP contribution in [0.3, 0.4) is 0 Å². The van der Waals surface area contributed by atoms with Crippen LogP contribution in [0.2, 0.25) is 0 Å². The highest BCUT2D eigenvalue weighted by molar-refractivity contribution is 5.96. The van der Waals surface area contributed by atoms with Crippen molar-refractivity contribution >= 4 is 28.6 Å². The van der Waals surface area contributed by atoms with E-state index in [1.807, 2.05) is 46.2 Å². The van der Waals surface area contributed by atoms with E-state index in [1.165, 1.54) is 12.8 Å². The predicted molar refractivity (Wildman–Crippen MR) is 171 cm³/mol. The number of pyridine rings is 2. The Bertz CT molecular complexity index is 1820. The Kier molecular flexibility index (Phi) is 6.78. The van der Waals surface area contributed by atoms with E-state index in [-0.39, 0.29) is 30.1 Å². The topological polar surface area (TPSA) is 123 Å². The van der Waals surface area contributed by atoms with Crippen LogP contribution < -0.4 is 15.8 Å². The number of likely N-dealkylation sites (tertiary alicyclic amines) is 2. The smallest absolute Gasteiger partial charge is 0.317 e. The summed E-state index contributed by atoms with van der Waals surface area (Å²) in [7, 11) is 1.63. The molecule has 1 unspecified atom stereocenters. The van der Waals surface area contributed by atoms with Gasteiger partial charge in [-0.3, -0.25) is 9.20 Å². The number of imidazole rings is 1. The molecule has 2 saturated carbocycles. The molecule has 236 valence electrons. The van der Waals surface area contributed by atoms with Gasteiger partial charge in [0.15, 0.2) is 5.88 Å². The molecular formula is C34H42N8O3. The van der Waals surface area contributed by atoms with Crippen LogP contribution in [-0.2, 0) is 6.54 Å². The fraction of sp³-hybridized carbons (Fsp3) is 0.529. The number of nitrogens with zero attached hydrogens (tertiary/aromatic N) is 6. The molecule has 4 aromatic heterocycles. The first-order chi connectivity index (χ1) is 21.8. The van der Waals surface area contributed by atoms with Crippen LogP contribution in [0.15, 0.2) is 30.3 Å². The number of nitrogens with two attached hydrogens (primary N) is 1. The number of ether oxygens (including phenoxy) is 1. The quantitative estimate of drug-likeness (QED) is 0.318. The molecule has 4 aliphatic rings. The molecule has 3 amide bonds. The molecule has 2 aliphatic carbocycles. The number of rotatable bonds is 7. The van der Waals surface area contributed by atoms with Crippen molar-refractivity contribution in [2.24, 2.45) is 17.6 Å². The van der Waals surface area contributed by atoms with Crippen molar-refractivity contribution in [3.63, 3.8) is 0 Å². The standard InChI is InChI=1S/C34H42N8O3/c1-19(36-34(44)39-12-4-5-13-39)25-10-8-22-14-27(40(32(22)37-25)17-21-6-7-21)31-20(2)42-28(38-31)15-24(16-29(42)45-3)33(43)41-18-23-9-11-26(41)30(23)35/h8,10,14-16,19,21,23,26,30H,4-7,9,11-13,17-18,35H2,1-3H3,(H,36,44)/t19-,23?,26-,30-/m1/s1. The number of fused-ring (bicyclic) bond motifs is 4. The van der Waals surface area contributed by atoms with Gasteiger partial charge in [0, 0.05) is 55.3 Å². The minimum absolute atomic E-state index is 0.00817. The molecule has 3 N–H and O–H groups in total. The summed E-state index contributed by atoms with van der Waals surface area (Å²) in [5, 5.41) is 4.18. The Morgan fingerprint density at radius 3 is 2.58 bits per heavy atom. The highest BCUT2D eigenvalue weighted by atomic mass is 16.5. The van der Waals surface area contributed by atoms with E-state index in [2.05, 4.69) is 22.0 Å². The summed E-state index contributed by atoms with van der Waals surface area (Å²) in [6.07, 6.45) is 6.58. The number of amides is 3. The van der Waals surface area contributed by atoms with Crippen molar-refractivity contribution in [3.05, 3.63) is 47.3 Å². The van der Waals surface area contributed by atoms with Crippen LogP contribution in [0.1, 0.15) is 73.2 Å². The maximum Gasteiger partial charge on any atom is 0.317 e. The molecule has 11 heteroatoms. The number of methoxy groups -OCH3 is 1. The van der Waals surface area contributed by atoms with Gasteiger partial charge < -0.3 is 30.2 Å². The van der Waals surface area contributed by atoms with Crippen LogP contribution in [0.4, 0.5) is 4.79 Å². The van der Waals surface area contributed by atoms with Crippen molar-refractivity contribution < 1.29 is 14.3 Å². The van der Waals surface area contributed by atoms with Crippen molar-refractivity contribution in [2.75, 3.05) is 26.7 Å². The molecule has 4 atom stereocenters. The second-order valence-electron chi connectivity index (χ2n) is 13.6. The first kappa shape index (κ1) is 28.4. The lowest BCUT2D eigenvalue weighted by Gasteiger charge is -2.27. The number of urea groups is 1. The fourth-order valence-electron chi connectivity index (χ4n) is 7.83. The van der Waals surface area contributed by atoms with E-state index < -0.39 is 0 Å². The van der Waals surface area contributed by atoms with Crippen molar-refractivity contribution in [1.82, 2.24) is 34.1 Å². The first-order valence-corrected chi connectivity index (χ1v) is 16.5. The Labute approximate surface area is 262 Å². The van der Waals surface area contributed by atoms with Crippen LogP contribution in [-0.4, -0.2) is 79.5 Å². The molecule has 0 radical (unpaired) electrons. The SMILES string of the molecule is COc1cc(C(=O)N2CC3CC[C@@H]2[C@@H]3N)cc2nc(-c3cc4ccc([C@@H](C)NC(=O)N5CCCC5)nc4n3CC3CC3)c(C)n12. The van der Waals surface area contributed by atoms with Gasteiger partial charge >= 0.3 is 6.03 Å². The summed E-state index contributed by atoms with van der Waals surface area (Å²) in [5.41, 5.74) is 12.2. The number of nitrogens with one attached hydrogen (secondary N) is 1. The van der Waals surface area contributed by atoms with Crippen molar-refractivity contribution in [2.45, 2.75) is 77.0 Å². The number of hydrogen-bond donors (Lipinski definition) is 2. The normalized spacial score (nSPS) is 23.4. The molecule has 8 rings (SSSR count). The summed E-state index contributed by atoms with van der Waals surface area (Å²) in [6, 6.07) is 9.91. The third kappa shape index (κ3) is 4.74. The minimum atomic E-state index is -0.215. The number of carbonyl (C=O) groups excluding carboxylic acids is 2. The van der Waals surface area contributed by atoms with Gasteiger partial charge in [0.2, 0.25) is 0 Å². The molecule has 0 spiro atoms. The van der Waals surface area contributed by atoms with E-state index in [4.69, 9.17) is 20.4 Å². The van der Waals surface area contributed by atoms with E-state index in [9.17, 15) is 9.59 Å². The third-order valence-corrected chi connectivity index (χ3v) is 10.6. The Hall–Kier alpha value is -4.12. The van der Waals surface area contributed by atoms with Crippen molar-refractivity contribution in [1.29, 1.82) is 0 Å². The first-order valence-electron chi connectivity index (χ1n) is 16.5. The number of aromatic nitrogens is 4. The van der Waals surface area contributed by atoms with E-state index in [1.54, 1.807) is 7.11 Å². The van der Waals surface area contributed by atoms with Crippen LogP contribution in [0.25, 0.3) is 28.1 Å². The predicted octanol–water partition coefficient (Wildman–Crippen LogP) is 4.51. The average molecular weight is 611 g/mol. The minimum Gasteiger partial charge on any atom is -0.482 e. The number of aryl methyl sites for hydroxylation is 1. The highest BCUT2D eigenvalue weighted by Crippen LogP contribution is 2.39. The Morgan fingerprint density at radius 1 is 1.09 bits per heavy atom. The molecule has 2 bridgehead atoms. The molecule has 2 aliphatic heterocycles. The summed E-state index contributed by atoms with van der Waals surface area (Å²) < 4.78 is 10.1. The monoisotopic (exact) mass is 610 g/mol. The highest BCUT2D eigenvalue weighted by Gasteiger charge is 2.47. The lowest BCUT2D eigenvalue weighted by molar-refractivity contribution is 0.0700. The largest absolute Gasteiger partial charge is 0.482 e. The second kappa shape index (κ2) is 10.8. The van der Waals surface area contributed by atoms with E-state index >= 15 is 0 Å². The van der Waals surface area contributed by atoms with Gasteiger partial charge in [0.25, 0.3) is 5.91 Å². The Balaban J connectivity index is 1.17. The molecule has 11 nitrogen and oxygen atoms in total. The van der Waals surface area contributed by atoms with Gasteiger partial charge in [-0.2, -0.15) is 0 Å². The fourth-order valence-corrected chi connectivity index (χ4v) is 7.83. The van der Waals surface area contributed by atoms with Crippen molar-refractivity contribution in [3.8, 4) is 17.3 Å². The van der Waals surface area contributed by atoms with Gasteiger partial charge in [-0.15, -0.1) is 0 Å². The molecule has 6 heterocycles. The zero-order chi connectivity index (χ0) is 31.0. The van der Waals surface area contributed by atoms with Gasteiger partial charge in [-0.05, 0) is 88.5 Å². The van der Waals surface area contributed by atoms with Crippen LogP contribution >= 0.6 is 0 Å². The number of carbonyl (C=O) groups is 2. The molecular weight excluding hydrogens is 568 g/mol. The van der Waals surface area contributed by atoms with Crippen LogP contribution in [0.5, 0.6) is 5.88 Å². The molecule has 4 fully saturated rings. The van der Waals surface area contributed by atoms with E-state index in [0.29, 0.717) is 35.5 Å². The van der Waals surface area contributed by atoms with Crippen LogP contribution in [0, 0.1) is 18.8 Å². The van der Waals surface area contributed by atoms with Gasteiger partial charge in [-0.25, -0.2) is 14.8 Å². The summed E-state index contributed by atoms with van der Waals surface area (Å²) in [4.78, 5) is 40.6. The zero-order valence-electron chi connectivity index (χ0n) is 26.3. The lowest BCUT2D eigenvalue weighted by atomic mass is 10.1. The van der Waals surface area contributed by atoms with E-state index in [0.717, 1.165) is 79.1 Å². The molecule has 45 heavy (non-hydrogen) atoms. The molecule has 4 aromatic rings.